The highest BCUT2D eigenvalue weighted by Crippen LogP contribution is 2.24. The van der Waals surface area contributed by atoms with Gasteiger partial charge in [-0.2, -0.15) is 4.98 Å². The molecule has 20 heavy (non-hydrogen) atoms. The molecule has 0 atom stereocenters. The van der Waals surface area contributed by atoms with E-state index in [1.807, 2.05) is 4.90 Å². The maximum atomic E-state index is 11.6. The van der Waals surface area contributed by atoms with Gasteiger partial charge in [0.2, 0.25) is 11.8 Å². The van der Waals surface area contributed by atoms with Crippen molar-refractivity contribution in [2.75, 3.05) is 32.8 Å². The Morgan fingerprint density at radius 3 is 2.85 bits per heavy atom. The molecule has 1 aliphatic rings. The Balaban J connectivity index is 1.64. The number of hydrogen-bond donors (Lipinski definition) is 1. The Kier molecular flexibility index (Phi) is 4.67. The molecule has 1 aromatic heterocycles. The zero-order chi connectivity index (χ0) is 14.5. The van der Waals surface area contributed by atoms with E-state index >= 15 is 0 Å². The van der Waals surface area contributed by atoms with E-state index in [4.69, 9.17) is 9.26 Å². The minimum atomic E-state index is -0.427. The minimum Gasteiger partial charge on any atom is -0.465 e. The molecule has 1 N–H and O–H groups in total. The first-order chi connectivity index (χ1) is 9.58. The second-order valence-corrected chi connectivity index (χ2v) is 4.65. The summed E-state index contributed by atoms with van der Waals surface area (Å²) in [6, 6.07) is 0. The number of ether oxygens (including phenoxy) is 1. The van der Waals surface area contributed by atoms with Gasteiger partial charge in [0, 0.05) is 13.1 Å². The van der Waals surface area contributed by atoms with E-state index < -0.39 is 5.97 Å². The minimum absolute atomic E-state index is 0.0905. The van der Waals surface area contributed by atoms with Crippen molar-refractivity contribution in [3.05, 3.63) is 11.7 Å². The first-order valence-electron chi connectivity index (χ1n) is 6.53. The number of aromatic nitrogens is 2. The van der Waals surface area contributed by atoms with Crippen LogP contribution in [-0.2, 0) is 14.3 Å². The molecule has 2 heterocycles. The van der Waals surface area contributed by atoms with Crippen LogP contribution in [0.2, 0.25) is 0 Å². The number of nitrogens with zero attached hydrogens (tertiary/aromatic N) is 3. The van der Waals surface area contributed by atoms with Crippen LogP contribution in [0.15, 0.2) is 4.52 Å². The highest BCUT2D eigenvalue weighted by atomic mass is 16.5. The number of amides is 1. The third-order valence-electron chi connectivity index (χ3n) is 2.95. The standard InChI is InChI=1S/C12H18N4O4/c1-3-19-11(18)4-13-10(17)7-16-5-9(6-16)12-14-8(2)15-20-12/h9H,3-7H2,1-2H3,(H,13,17). The van der Waals surface area contributed by atoms with Gasteiger partial charge in [0.05, 0.1) is 19.1 Å². The molecule has 0 radical (unpaired) electrons. The molecule has 1 saturated heterocycles. The molecule has 2 rings (SSSR count). The van der Waals surface area contributed by atoms with Gasteiger partial charge in [-0.1, -0.05) is 5.16 Å². The van der Waals surface area contributed by atoms with E-state index in [0.29, 0.717) is 31.4 Å². The van der Waals surface area contributed by atoms with Gasteiger partial charge in [0.1, 0.15) is 6.54 Å². The molecule has 1 amide bonds. The monoisotopic (exact) mass is 282 g/mol. The fourth-order valence-corrected chi connectivity index (χ4v) is 1.98. The van der Waals surface area contributed by atoms with Crippen molar-refractivity contribution in [3.63, 3.8) is 0 Å². The molecule has 110 valence electrons. The van der Waals surface area contributed by atoms with Crippen LogP contribution in [0.1, 0.15) is 24.6 Å². The fourth-order valence-electron chi connectivity index (χ4n) is 1.98. The summed E-state index contributed by atoms with van der Waals surface area (Å²) in [6.07, 6.45) is 0. The van der Waals surface area contributed by atoms with E-state index in [2.05, 4.69) is 15.5 Å². The van der Waals surface area contributed by atoms with Crippen LogP contribution in [0.5, 0.6) is 0 Å². The van der Waals surface area contributed by atoms with E-state index in [1.165, 1.54) is 0 Å². The zero-order valence-electron chi connectivity index (χ0n) is 11.6. The molecule has 0 spiro atoms. The summed E-state index contributed by atoms with van der Waals surface area (Å²) in [7, 11) is 0. The summed E-state index contributed by atoms with van der Waals surface area (Å²) in [5.41, 5.74) is 0. The third kappa shape index (κ3) is 3.77. The number of carbonyl (C=O) groups excluding carboxylic acids is 2. The summed E-state index contributed by atoms with van der Waals surface area (Å²) in [6.45, 7) is 5.37. The summed E-state index contributed by atoms with van der Waals surface area (Å²) in [4.78, 5) is 28.8. The van der Waals surface area contributed by atoms with Gasteiger partial charge < -0.3 is 14.6 Å². The SMILES string of the molecule is CCOC(=O)CNC(=O)CN1CC(c2nc(C)no2)C1. The van der Waals surface area contributed by atoms with Gasteiger partial charge >= 0.3 is 5.97 Å². The van der Waals surface area contributed by atoms with Crippen LogP contribution in [0.25, 0.3) is 0 Å². The average Bonchev–Trinajstić information content (AvgIpc) is 2.77. The maximum Gasteiger partial charge on any atom is 0.325 e. The zero-order valence-corrected chi connectivity index (χ0v) is 11.6. The largest absolute Gasteiger partial charge is 0.465 e. The lowest BCUT2D eigenvalue weighted by Crippen LogP contribution is -2.50. The molecule has 1 aromatic rings. The number of carbonyl (C=O) groups is 2. The van der Waals surface area contributed by atoms with Crippen LogP contribution in [0.3, 0.4) is 0 Å². The molecule has 1 fully saturated rings. The highest BCUT2D eigenvalue weighted by Gasteiger charge is 2.33. The predicted molar refractivity (Wildman–Crippen MR) is 67.9 cm³/mol. The van der Waals surface area contributed by atoms with Gasteiger partial charge in [0.15, 0.2) is 5.82 Å². The van der Waals surface area contributed by atoms with Crippen molar-refractivity contribution < 1.29 is 18.8 Å². The molecule has 0 aliphatic carbocycles. The van der Waals surface area contributed by atoms with Gasteiger partial charge in [-0.05, 0) is 13.8 Å². The van der Waals surface area contributed by atoms with Crippen molar-refractivity contribution in [1.29, 1.82) is 0 Å². The Morgan fingerprint density at radius 1 is 1.50 bits per heavy atom. The fraction of sp³-hybridized carbons (Fsp3) is 0.667. The number of nitrogens with one attached hydrogen (secondary N) is 1. The van der Waals surface area contributed by atoms with Crippen molar-refractivity contribution in [2.24, 2.45) is 0 Å². The quantitative estimate of drug-likeness (QED) is 0.699. The molecular weight excluding hydrogens is 264 g/mol. The van der Waals surface area contributed by atoms with Gasteiger partial charge in [-0.15, -0.1) is 0 Å². The molecule has 0 saturated carbocycles. The van der Waals surface area contributed by atoms with Crippen molar-refractivity contribution >= 4 is 11.9 Å². The normalized spacial score (nSPS) is 15.7. The average molecular weight is 282 g/mol. The van der Waals surface area contributed by atoms with Gasteiger partial charge in [0.25, 0.3) is 0 Å². The van der Waals surface area contributed by atoms with Crippen molar-refractivity contribution in [1.82, 2.24) is 20.4 Å². The Labute approximate surface area is 116 Å². The molecule has 0 bridgehead atoms. The van der Waals surface area contributed by atoms with Crippen molar-refractivity contribution in [2.45, 2.75) is 19.8 Å². The number of rotatable bonds is 6. The number of likely N-dealkylation sites (tertiary alicyclic amines) is 1. The van der Waals surface area contributed by atoms with Gasteiger partial charge in [-0.3, -0.25) is 14.5 Å². The maximum absolute atomic E-state index is 11.6. The van der Waals surface area contributed by atoms with Crippen LogP contribution < -0.4 is 5.32 Å². The first kappa shape index (κ1) is 14.4. The lowest BCUT2D eigenvalue weighted by Gasteiger charge is -2.36. The molecule has 8 heteroatoms. The highest BCUT2D eigenvalue weighted by molar-refractivity contribution is 5.83. The third-order valence-corrected chi connectivity index (χ3v) is 2.95. The second kappa shape index (κ2) is 6.47. The summed E-state index contributed by atoms with van der Waals surface area (Å²) < 4.78 is 9.80. The lowest BCUT2D eigenvalue weighted by molar-refractivity contribution is -0.143. The van der Waals surface area contributed by atoms with E-state index in [1.54, 1.807) is 13.8 Å². The molecular formula is C12H18N4O4. The van der Waals surface area contributed by atoms with E-state index in [9.17, 15) is 9.59 Å². The molecule has 1 aliphatic heterocycles. The smallest absolute Gasteiger partial charge is 0.325 e. The Hall–Kier alpha value is -1.96. The van der Waals surface area contributed by atoms with Crippen LogP contribution in [0.4, 0.5) is 0 Å². The number of aryl methyl sites for hydroxylation is 1. The second-order valence-electron chi connectivity index (χ2n) is 4.65. The molecule has 0 unspecified atom stereocenters. The summed E-state index contributed by atoms with van der Waals surface area (Å²) >= 11 is 0. The van der Waals surface area contributed by atoms with Crippen LogP contribution >= 0.6 is 0 Å². The lowest BCUT2D eigenvalue weighted by atomic mass is 10.0. The number of hydrogen-bond acceptors (Lipinski definition) is 7. The topological polar surface area (TPSA) is 97.6 Å². The van der Waals surface area contributed by atoms with E-state index in [-0.39, 0.29) is 24.9 Å². The van der Waals surface area contributed by atoms with Crippen LogP contribution in [-0.4, -0.2) is 59.7 Å². The summed E-state index contributed by atoms with van der Waals surface area (Å²) in [5.74, 6) is 0.798. The summed E-state index contributed by atoms with van der Waals surface area (Å²) in [5, 5.41) is 6.26. The Bertz CT molecular complexity index is 482. The van der Waals surface area contributed by atoms with E-state index in [0.717, 1.165) is 0 Å². The Morgan fingerprint density at radius 2 is 2.25 bits per heavy atom. The van der Waals surface area contributed by atoms with Gasteiger partial charge in [-0.25, -0.2) is 0 Å². The number of esters is 1. The first-order valence-corrected chi connectivity index (χ1v) is 6.53. The van der Waals surface area contributed by atoms with Crippen LogP contribution in [0, 0.1) is 6.92 Å². The predicted octanol–water partition coefficient (Wildman–Crippen LogP) is -0.543. The molecule has 8 nitrogen and oxygen atoms in total. The van der Waals surface area contributed by atoms with Crippen molar-refractivity contribution in [3.8, 4) is 0 Å². The molecule has 0 aromatic carbocycles.